The summed E-state index contributed by atoms with van der Waals surface area (Å²) < 4.78 is 27.5. The molecule has 0 saturated carbocycles. The first kappa shape index (κ1) is 28.6. The number of allylic oxidation sites excluding steroid dienone is 1. The van der Waals surface area contributed by atoms with E-state index in [2.05, 4.69) is 17.2 Å². The lowest BCUT2D eigenvalue weighted by atomic mass is 9.97. The summed E-state index contributed by atoms with van der Waals surface area (Å²) in [6.07, 6.45) is 3.47. The van der Waals surface area contributed by atoms with Crippen LogP contribution < -0.4 is 10.9 Å². The summed E-state index contributed by atoms with van der Waals surface area (Å²) in [6, 6.07) is 12.8. The van der Waals surface area contributed by atoms with Crippen LogP contribution in [-0.4, -0.2) is 22.3 Å². The van der Waals surface area contributed by atoms with Crippen LogP contribution in [0.25, 0.3) is 5.57 Å². The van der Waals surface area contributed by atoms with E-state index < -0.39 is 11.6 Å². The summed E-state index contributed by atoms with van der Waals surface area (Å²) in [5.41, 5.74) is 2.95. The fraction of sp³-hybridized carbons (Fsp3) is 0.231. The van der Waals surface area contributed by atoms with Crippen LogP contribution in [0.5, 0.6) is 0 Å². The fourth-order valence-electron chi connectivity index (χ4n) is 3.12. The van der Waals surface area contributed by atoms with Gasteiger partial charge in [-0.15, -0.1) is 11.8 Å². The van der Waals surface area contributed by atoms with Gasteiger partial charge < -0.3 is 15.4 Å². The van der Waals surface area contributed by atoms with Crippen molar-refractivity contribution in [1.82, 2.24) is 4.98 Å². The van der Waals surface area contributed by atoms with Crippen LogP contribution in [-0.2, 0) is 11.3 Å². The van der Waals surface area contributed by atoms with Crippen LogP contribution in [0.15, 0.2) is 70.5 Å². The van der Waals surface area contributed by atoms with Gasteiger partial charge in [-0.25, -0.2) is 8.78 Å². The number of carboxylic acid groups (broad SMARTS) is 1. The molecule has 2 aromatic carbocycles. The average molecular weight is 489 g/mol. The third kappa shape index (κ3) is 8.19. The summed E-state index contributed by atoms with van der Waals surface area (Å²) in [7, 11) is 0. The predicted octanol–water partition coefficient (Wildman–Crippen LogP) is 6.56. The third-order valence-corrected chi connectivity index (χ3v) is 5.34. The standard InChI is InChI=1S/C23H22F2N2OS.C2H6.CH2O2/c1-3-18(19-6-5-11-26-23(19)28)20-13-17(29-4-2)8-10-22(20)27-14-15-12-16(24)7-9-21(15)25;1-2;2-1-3/h3,5-13,27H,4,14H2,1-2H3,(H,26,28);1-2H3;1H,(H,2,3)/b18-3+;;. The molecule has 0 spiro atoms. The largest absolute Gasteiger partial charge is 0.483 e. The number of aromatic amines is 1. The van der Waals surface area contributed by atoms with Crippen molar-refractivity contribution >= 4 is 29.5 Å². The van der Waals surface area contributed by atoms with Gasteiger partial charge in [0.25, 0.3) is 12.0 Å². The van der Waals surface area contributed by atoms with Crippen LogP contribution >= 0.6 is 11.8 Å². The Kier molecular flexibility index (Phi) is 13.0. The van der Waals surface area contributed by atoms with Crippen molar-refractivity contribution in [3.8, 4) is 0 Å². The molecule has 1 heterocycles. The molecule has 182 valence electrons. The maximum atomic E-state index is 14.0. The second-order valence-electron chi connectivity index (χ2n) is 6.45. The second-order valence-corrected chi connectivity index (χ2v) is 7.79. The van der Waals surface area contributed by atoms with Crippen LogP contribution in [0.1, 0.15) is 44.4 Å². The Morgan fingerprint density at radius 1 is 1.12 bits per heavy atom. The first-order chi connectivity index (χ1) is 16.4. The first-order valence-corrected chi connectivity index (χ1v) is 11.8. The zero-order chi connectivity index (χ0) is 25.5. The molecule has 8 heteroatoms. The van der Waals surface area contributed by atoms with E-state index in [-0.39, 0.29) is 24.1 Å². The van der Waals surface area contributed by atoms with Crippen molar-refractivity contribution in [1.29, 1.82) is 0 Å². The van der Waals surface area contributed by atoms with E-state index in [1.54, 1.807) is 30.1 Å². The molecule has 34 heavy (non-hydrogen) atoms. The summed E-state index contributed by atoms with van der Waals surface area (Å²) in [6.45, 7) is 7.82. The molecule has 0 amide bonds. The van der Waals surface area contributed by atoms with Gasteiger partial charge in [0.15, 0.2) is 0 Å². The second kappa shape index (κ2) is 15.4. The van der Waals surface area contributed by atoms with Gasteiger partial charge in [-0.1, -0.05) is 26.8 Å². The highest BCUT2D eigenvalue weighted by atomic mass is 32.2. The van der Waals surface area contributed by atoms with E-state index in [0.29, 0.717) is 5.56 Å². The van der Waals surface area contributed by atoms with Crippen molar-refractivity contribution in [3.05, 3.63) is 99.5 Å². The minimum atomic E-state index is -0.483. The van der Waals surface area contributed by atoms with Crippen molar-refractivity contribution in [2.45, 2.75) is 39.1 Å². The maximum absolute atomic E-state index is 14.0. The molecule has 3 rings (SSSR count). The molecule has 0 aliphatic rings. The highest BCUT2D eigenvalue weighted by Crippen LogP contribution is 2.32. The van der Waals surface area contributed by atoms with E-state index in [0.717, 1.165) is 39.6 Å². The molecular weight excluding hydrogens is 458 g/mol. The number of anilines is 1. The third-order valence-electron chi connectivity index (χ3n) is 4.47. The van der Waals surface area contributed by atoms with E-state index in [1.165, 1.54) is 6.07 Å². The number of benzene rings is 2. The van der Waals surface area contributed by atoms with Gasteiger partial charge in [0, 0.05) is 40.0 Å². The maximum Gasteiger partial charge on any atom is 0.290 e. The Morgan fingerprint density at radius 2 is 1.82 bits per heavy atom. The molecule has 0 fully saturated rings. The number of aromatic nitrogens is 1. The summed E-state index contributed by atoms with van der Waals surface area (Å²) in [5, 5.41) is 10.1. The van der Waals surface area contributed by atoms with E-state index in [4.69, 9.17) is 9.90 Å². The number of rotatable bonds is 7. The topological polar surface area (TPSA) is 82.2 Å². The van der Waals surface area contributed by atoms with Gasteiger partial charge in [-0.2, -0.15) is 0 Å². The van der Waals surface area contributed by atoms with Crippen LogP contribution in [0.2, 0.25) is 0 Å². The molecule has 0 saturated heterocycles. The number of halogens is 2. The average Bonchev–Trinajstić information content (AvgIpc) is 2.84. The molecule has 1 aromatic heterocycles. The lowest BCUT2D eigenvalue weighted by Gasteiger charge is -2.16. The van der Waals surface area contributed by atoms with Gasteiger partial charge in [0.2, 0.25) is 0 Å². The summed E-state index contributed by atoms with van der Waals surface area (Å²) in [4.78, 5) is 24.5. The number of thioether (sulfide) groups is 1. The molecule has 0 aliphatic carbocycles. The minimum absolute atomic E-state index is 0.124. The van der Waals surface area contributed by atoms with Crippen molar-refractivity contribution in [2.24, 2.45) is 0 Å². The van der Waals surface area contributed by atoms with Crippen molar-refractivity contribution < 1.29 is 18.7 Å². The molecular formula is C26H30F2N2O3S. The SMILES string of the molecule is C/C=C(/c1cc(SCC)ccc1NCc1cc(F)ccc1F)c1ccc[nH]c1=O.CC.O=CO. The van der Waals surface area contributed by atoms with Gasteiger partial charge in [-0.3, -0.25) is 9.59 Å². The number of hydrogen-bond donors (Lipinski definition) is 3. The quantitative estimate of drug-likeness (QED) is 0.259. The monoisotopic (exact) mass is 488 g/mol. The lowest BCUT2D eigenvalue weighted by Crippen LogP contribution is -2.12. The molecule has 0 aliphatic heterocycles. The fourth-order valence-corrected chi connectivity index (χ4v) is 3.81. The highest BCUT2D eigenvalue weighted by Gasteiger charge is 2.14. The Bertz CT molecular complexity index is 1150. The zero-order valence-corrected chi connectivity index (χ0v) is 20.5. The number of carbonyl (C=O) groups is 1. The smallest absolute Gasteiger partial charge is 0.290 e. The number of nitrogens with one attached hydrogen (secondary N) is 2. The van der Waals surface area contributed by atoms with Gasteiger partial charge >= 0.3 is 0 Å². The lowest BCUT2D eigenvalue weighted by molar-refractivity contribution is -0.122. The van der Waals surface area contributed by atoms with Gasteiger partial charge in [-0.05, 0) is 66.8 Å². The van der Waals surface area contributed by atoms with Gasteiger partial charge in [0.05, 0.1) is 0 Å². The number of hydrogen-bond acceptors (Lipinski definition) is 4. The zero-order valence-electron chi connectivity index (χ0n) is 19.7. The van der Waals surface area contributed by atoms with Crippen molar-refractivity contribution in [3.63, 3.8) is 0 Å². The molecule has 0 atom stereocenters. The van der Waals surface area contributed by atoms with Crippen LogP contribution in [0, 0.1) is 11.6 Å². The summed E-state index contributed by atoms with van der Waals surface area (Å²) in [5.74, 6) is -0.0369. The Labute approximate surface area is 202 Å². The predicted molar refractivity (Wildman–Crippen MR) is 136 cm³/mol. The number of pyridine rings is 1. The van der Waals surface area contributed by atoms with E-state index in [9.17, 15) is 13.6 Å². The molecule has 0 unspecified atom stereocenters. The van der Waals surface area contributed by atoms with E-state index >= 15 is 0 Å². The van der Waals surface area contributed by atoms with Crippen LogP contribution in [0.4, 0.5) is 14.5 Å². The molecule has 3 aromatic rings. The van der Waals surface area contributed by atoms with Gasteiger partial charge in [0.1, 0.15) is 11.6 Å². The Balaban J connectivity index is 0.00000107. The minimum Gasteiger partial charge on any atom is -0.483 e. The molecule has 0 bridgehead atoms. The summed E-state index contributed by atoms with van der Waals surface area (Å²) >= 11 is 1.69. The Morgan fingerprint density at radius 3 is 2.44 bits per heavy atom. The molecule has 5 nitrogen and oxygen atoms in total. The highest BCUT2D eigenvalue weighted by molar-refractivity contribution is 7.99. The van der Waals surface area contributed by atoms with Crippen molar-refractivity contribution in [2.75, 3.05) is 11.1 Å². The molecule has 0 radical (unpaired) electrons. The molecule has 3 N–H and O–H groups in total. The Hall–Kier alpha value is -3.39. The normalized spacial score (nSPS) is 10.4. The van der Waals surface area contributed by atoms with Crippen LogP contribution in [0.3, 0.4) is 0 Å². The number of H-pyrrole nitrogens is 1. The van der Waals surface area contributed by atoms with E-state index in [1.807, 2.05) is 45.0 Å². The first-order valence-electron chi connectivity index (χ1n) is 10.8.